The number of carbonyl (C=O) groups excluding carboxylic acids is 1. The van der Waals surface area contributed by atoms with E-state index in [4.69, 9.17) is 5.11 Å². The van der Waals surface area contributed by atoms with Crippen molar-refractivity contribution in [2.75, 3.05) is 13.6 Å². The Balaban J connectivity index is 4.09. The predicted octanol–water partition coefficient (Wildman–Crippen LogP) is -0.269. The van der Waals surface area contributed by atoms with Crippen LogP contribution in [0.5, 0.6) is 0 Å². The quantitative estimate of drug-likeness (QED) is 0.621. The average Bonchev–Trinajstić information content (AvgIpc) is 2.00. The summed E-state index contributed by atoms with van der Waals surface area (Å²) < 4.78 is 0. The van der Waals surface area contributed by atoms with Crippen LogP contribution < -0.4 is 0 Å². The molecule has 0 aliphatic carbocycles. The van der Waals surface area contributed by atoms with E-state index in [-0.39, 0.29) is 24.8 Å². The molecule has 5 nitrogen and oxygen atoms in total. The van der Waals surface area contributed by atoms with Crippen molar-refractivity contribution in [2.45, 2.75) is 32.4 Å². The molecule has 2 atom stereocenters. The Labute approximate surface area is 83.3 Å². The molecule has 0 amide bonds. The second kappa shape index (κ2) is 5.72. The predicted molar refractivity (Wildman–Crippen MR) is 51.0 cm³/mol. The highest BCUT2D eigenvalue weighted by atomic mass is 16.4. The zero-order chi connectivity index (χ0) is 11.3. The Morgan fingerprint density at radius 1 is 1.43 bits per heavy atom. The molecule has 2 N–H and O–H groups in total. The van der Waals surface area contributed by atoms with Gasteiger partial charge in [0.15, 0.2) is 0 Å². The largest absolute Gasteiger partial charge is 0.481 e. The fraction of sp³-hybridized carbons (Fsp3) is 0.778. The summed E-state index contributed by atoms with van der Waals surface area (Å²) in [6.45, 7) is 3.36. The normalized spacial score (nSPS) is 15.2. The van der Waals surface area contributed by atoms with Crippen molar-refractivity contribution in [1.29, 1.82) is 0 Å². The lowest BCUT2D eigenvalue weighted by Crippen LogP contribution is -2.42. The van der Waals surface area contributed by atoms with Crippen LogP contribution in [0.1, 0.15) is 20.3 Å². The molecule has 5 heteroatoms. The van der Waals surface area contributed by atoms with Gasteiger partial charge in [-0.25, -0.2) is 0 Å². The number of Topliss-reactive ketones (excluding diaryl/α,β-unsaturated/α-hetero) is 1. The summed E-state index contributed by atoms with van der Waals surface area (Å²) in [4.78, 5) is 22.7. The van der Waals surface area contributed by atoms with Crippen molar-refractivity contribution in [1.82, 2.24) is 4.90 Å². The van der Waals surface area contributed by atoms with Gasteiger partial charge >= 0.3 is 5.97 Å². The van der Waals surface area contributed by atoms with Gasteiger partial charge in [0, 0.05) is 6.04 Å². The molecule has 0 aromatic carbocycles. The van der Waals surface area contributed by atoms with E-state index >= 15 is 0 Å². The van der Waals surface area contributed by atoms with Gasteiger partial charge < -0.3 is 10.2 Å². The van der Waals surface area contributed by atoms with Crippen LogP contribution in [-0.4, -0.2) is 52.6 Å². The maximum absolute atomic E-state index is 10.8. The summed E-state index contributed by atoms with van der Waals surface area (Å²) in [6.07, 6.45) is -1.25. The Hall–Kier alpha value is -0.940. The standard InChI is InChI=1S/C9H17NO4/c1-6(11)5-10(3)7(2)8(12)4-9(13)14/h7-8,12H,4-5H2,1-3H3,(H,13,14)/t7?,8-/m1/s1. The lowest BCUT2D eigenvalue weighted by molar-refractivity contribution is -0.140. The molecular formula is C9H17NO4. The number of carboxylic acid groups (broad SMARTS) is 1. The second-order valence-corrected chi connectivity index (χ2v) is 3.52. The number of ketones is 1. The van der Waals surface area contributed by atoms with E-state index in [0.29, 0.717) is 0 Å². The monoisotopic (exact) mass is 203 g/mol. The summed E-state index contributed by atoms with van der Waals surface area (Å²) in [5, 5.41) is 17.9. The number of rotatable bonds is 6. The first-order chi connectivity index (χ1) is 6.34. The fourth-order valence-electron chi connectivity index (χ4n) is 1.14. The van der Waals surface area contributed by atoms with Crippen LogP contribution in [0.2, 0.25) is 0 Å². The summed E-state index contributed by atoms with van der Waals surface area (Å²) in [7, 11) is 1.68. The van der Waals surface area contributed by atoms with Crippen molar-refractivity contribution in [3.8, 4) is 0 Å². The van der Waals surface area contributed by atoms with Crippen LogP contribution in [0.15, 0.2) is 0 Å². The van der Waals surface area contributed by atoms with Gasteiger partial charge in [-0.15, -0.1) is 0 Å². The molecule has 0 bridgehead atoms. The van der Waals surface area contributed by atoms with Crippen molar-refractivity contribution >= 4 is 11.8 Å². The minimum absolute atomic E-state index is 0.0122. The van der Waals surface area contributed by atoms with E-state index < -0.39 is 12.1 Å². The number of carbonyl (C=O) groups is 2. The van der Waals surface area contributed by atoms with Crippen molar-refractivity contribution in [2.24, 2.45) is 0 Å². The number of aliphatic carboxylic acids is 1. The van der Waals surface area contributed by atoms with Gasteiger partial charge in [0.25, 0.3) is 0 Å². The Bertz CT molecular complexity index is 195. The lowest BCUT2D eigenvalue weighted by Gasteiger charge is -2.27. The zero-order valence-electron chi connectivity index (χ0n) is 8.73. The molecule has 0 fully saturated rings. The van der Waals surface area contributed by atoms with E-state index in [1.165, 1.54) is 6.92 Å². The van der Waals surface area contributed by atoms with E-state index in [1.807, 2.05) is 0 Å². The molecule has 0 saturated heterocycles. The highest BCUT2D eigenvalue weighted by Gasteiger charge is 2.21. The highest BCUT2D eigenvalue weighted by Crippen LogP contribution is 2.05. The third kappa shape index (κ3) is 4.94. The SMILES string of the molecule is CC(=O)CN(C)C(C)[C@H](O)CC(=O)O. The van der Waals surface area contributed by atoms with Crippen LogP contribution in [-0.2, 0) is 9.59 Å². The third-order valence-electron chi connectivity index (χ3n) is 2.11. The molecule has 0 rings (SSSR count). The molecule has 0 aliphatic rings. The average molecular weight is 203 g/mol. The number of hydrogen-bond acceptors (Lipinski definition) is 4. The van der Waals surface area contributed by atoms with Crippen molar-refractivity contribution < 1.29 is 19.8 Å². The molecule has 14 heavy (non-hydrogen) atoms. The highest BCUT2D eigenvalue weighted by molar-refractivity contribution is 5.77. The molecule has 0 saturated carbocycles. The molecule has 0 heterocycles. The third-order valence-corrected chi connectivity index (χ3v) is 2.11. The summed E-state index contributed by atoms with van der Waals surface area (Å²) in [5.41, 5.74) is 0. The first-order valence-electron chi connectivity index (χ1n) is 4.44. The number of aliphatic hydroxyl groups excluding tert-OH is 1. The lowest BCUT2D eigenvalue weighted by atomic mass is 10.1. The summed E-state index contributed by atoms with van der Waals surface area (Å²) >= 11 is 0. The summed E-state index contributed by atoms with van der Waals surface area (Å²) in [6, 6.07) is -0.338. The topological polar surface area (TPSA) is 77.8 Å². The molecule has 0 spiro atoms. The second-order valence-electron chi connectivity index (χ2n) is 3.52. The molecule has 0 aromatic rings. The number of aliphatic hydroxyl groups is 1. The van der Waals surface area contributed by atoms with E-state index in [9.17, 15) is 14.7 Å². The minimum atomic E-state index is -1.04. The van der Waals surface area contributed by atoms with Crippen LogP contribution in [0.3, 0.4) is 0 Å². The first kappa shape index (κ1) is 13.1. The molecule has 82 valence electrons. The number of likely N-dealkylation sites (N-methyl/N-ethyl adjacent to an activating group) is 1. The molecule has 0 radical (unpaired) electrons. The van der Waals surface area contributed by atoms with E-state index in [0.717, 1.165) is 0 Å². The van der Waals surface area contributed by atoms with Crippen LogP contribution in [0, 0.1) is 0 Å². The molecule has 0 aromatic heterocycles. The number of nitrogens with zero attached hydrogens (tertiary/aromatic N) is 1. The Morgan fingerprint density at radius 2 is 1.93 bits per heavy atom. The Kier molecular flexibility index (Phi) is 5.34. The summed E-state index contributed by atoms with van der Waals surface area (Å²) in [5.74, 6) is -1.05. The Morgan fingerprint density at radius 3 is 2.29 bits per heavy atom. The zero-order valence-corrected chi connectivity index (χ0v) is 8.73. The van der Waals surface area contributed by atoms with Crippen molar-refractivity contribution in [3.05, 3.63) is 0 Å². The van der Waals surface area contributed by atoms with Crippen LogP contribution >= 0.6 is 0 Å². The maximum Gasteiger partial charge on any atom is 0.306 e. The van der Waals surface area contributed by atoms with Gasteiger partial charge in [-0.1, -0.05) is 0 Å². The van der Waals surface area contributed by atoms with Crippen LogP contribution in [0.25, 0.3) is 0 Å². The van der Waals surface area contributed by atoms with E-state index in [2.05, 4.69) is 0 Å². The molecule has 1 unspecified atom stereocenters. The van der Waals surface area contributed by atoms with Gasteiger partial charge in [-0.2, -0.15) is 0 Å². The van der Waals surface area contributed by atoms with Crippen molar-refractivity contribution in [3.63, 3.8) is 0 Å². The molecule has 0 aliphatic heterocycles. The first-order valence-corrected chi connectivity index (χ1v) is 4.44. The van der Waals surface area contributed by atoms with Gasteiger partial charge in [0.1, 0.15) is 5.78 Å². The van der Waals surface area contributed by atoms with Gasteiger partial charge in [-0.05, 0) is 20.9 Å². The fourth-order valence-corrected chi connectivity index (χ4v) is 1.14. The van der Waals surface area contributed by atoms with Gasteiger partial charge in [0.2, 0.25) is 0 Å². The molecular weight excluding hydrogens is 186 g/mol. The van der Waals surface area contributed by atoms with E-state index in [1.54, 1.807) is 18.9 Å². The van der Waals surface area contributed by atoms with Gasteiger partial charge in [0.05, 0.1) is 19.1 Å². The van der Waals surface area contributed by atoms with Gasteiger partial charge in [-0.3, -0.25) is 14.5 Å². The smallest absolute Gasteiger partial charge is 0.306 e. The minimum Gasteiger partial charge on any atom is -0.481 e. The van der Waals surface area contributed by atoms with Crippen LogP contribution in [0.4, 0.5) is 0 Å². The number of hydrogen-bond donors (Lipinski definition) is 2. The maximum atomic E-state index is 10.8. The number of carboxylic acids is 1.